The van der Waals surface area contributed by atoms with Crippen molar-refractivity contribution in [1.82, 2.24) is 9.21 Å². The van der Waals surface area contributed by atoms with Crippen molar-refractivity contribution < 1.29 is 22.7 Å². The van der Waals surface area contributed by atoms with Crippen molar-refractivity contribution in [2.45, 2.75) is 63.0 Å². The van der Waals surface area contributed by atoms with Gasteiger partial charge in [0.25, 0.3) is 5.91 Å². The first-order valence-electron chi connectivity index (χ1n) is 9.95. The highest BCUT2D eigenvalue weighted by molar-refractivity contribution is 7.89. The van der Waals surface area contributed by atoms with E-state index >= 15 is 0 Å². The Morgan fingerprint density at radius 1 is 1.21 bits per heavy atom. The number of carbonyl (C=O) groups excluding carboxylic acids is 2. The number of fused-ring (bicyclic) bond motifs is 1. The van der Waals surface area contributed by atoms with Crippen LogP contribution in [0.25, 0.3) is 0 Å². The molecule has 0 bridgehead atoms. The number of amides is 2. The Morgan fingerprint density at radius 3 is 2.52 bits per heavy atom. The summed E-state index contributed by atoms with van der Waals surface area (Å²) in [5.41, 5.74) is 0.919. The van der Waals surface area contributed by atoms with Gasteiger partial charge in [0, 0.05) is 26.2 Å². The molecule has 160 valence electrons. The first kappa shape index (κ1) is 21.6. The summed E-state index contributed by atoms with van der Waals surface area (Å²) in [6.45, 7) is 3.03. The van der Waals surface area contributed by atoms with Crippen molar-refractivity contribution in [3.05, 3.63) is 17.7 Å². The van der Waals surface area contributed by atoms with Gasteiger partial charge in [0.05, 0.1) is 17.1 Å². The number of aryl methyl sites for hydroxylation is 1. The lowest BCUT2D eigenvalue weighted by Crippen LogP contribution is -2.44. The SMILES string of the molecule is Cc1cc2c(cc1S(=O)(=O)N(C)CC(=O)N(C)C1CCCCC1)OC(C)C(=O)N2. The number of sulfonamides is 1. The summed E-state index contributed by atoms with van der Waals surface area (Å²) in [5.74, 6) is -0.183. The van der Waals surface area contributed by atoms with E-state index in [1.807, 2.05) is 0 Å². The number of hydrogen-bond donors (Lipinski definition) is 1. The lowest BCUT2D eigenvalue weighted by atomic mass is 9.94. The molecule has 0 saturated heterocycles. The molecule has 3 rings (SSSR count). The van der Waals surface area contributed by atoms with Crippen LogP contribution in [0.4, 0.5) is 5.69 Å². The van der Waals surface area contributed by atoms with Gasteiger partial charge in [0.2, 0.25) is 15.9 Å². The molecule has 8 nitrogen and oxygen atoms in total. The van der Waals surface area contributed by atoms with Crippen LogP contribution in [-0.2, 0) is 19.6 Å². The van der Waals surface area contributed by atoms with Gasteiger partial charge in [0.1, 0.15) is 5.75 Å². The van der Waals surface area contributed by atoms with Crippen molar-refractivity contribution in [1.29, 1.82) is 0 Å². The molecule has 1 aliphatic carbocycles. The average Bonchev–Trinajstić information content (AvgIpc) is 2.68. The van der Waals surface area contributed by atoms with Gasteiger partial charge in [-0.15, -0.1) is 0 Å². The van der Waals surface area contributed by atoms with Gasteiger partial charge < -0.3 is 15.0 Å². The van der Waals surface area contributed by atoms with E-state index < -0.39 is 16.1 Å². The van der Waals surface area contributed by atoms with Gasteiger partial charge >= 0.3 is 0 Å². The predicted octanol–water partition coefficient (Wildman–Crippen LogP) is 2.13. The zero-order chi connectivity index (χ0) is 21.3. The monoisotopic (exact) mass is 423 g/mol. The van der Waals surface area contributed by atoms with Crippen molar-refractivity contribution in [3.8, 4) is 5.75 Å². The van der Waals surface area contributed by atoms with Crippen LogP contribution < -0.4 is 10.1 Å². The fourth-order valence-electron chi connectivity index (χ4n) is 3.85. The fraction of sp³-hybridized carbons (Fsp3) is 0.600. The molecule has 1 fully saturated rings. The quantitative estimate of drug-likeness (QED) is 0.783. The Kier molecular flexibility index (Phi) is 6.19. The van der Waals surface area contributed by atoms with Crippen molar-refractivity contribution in [3.63, 3.8) is 0 Å². The number of nitrogens with one attached hydrogen (secondary N) is 1. The molecule has 1 unspecified atom stereocenters. The number of nitrogens with zero attached hydrogens (tertiary/aromatic N) is 2. The van der Waals surface area contributed by atoms with Gasteiger partial charge in [0.15, 0.2) is 6.10 Å². The summed E-state index contributed by atoms with van der Waals surface area (Å²) in [4.78, 5) is 26.2. The molecule has 0 spiro atoms. The van der Waals surface area contributed by atoms with Gasteiger partial charge in [-0.2, -0.15) is 4.31 Å². The van der Waals surface area contributed by atoms with E-state index in [0.717, 1.165) is 30.0 Å². The molecular formula is C20H29N3O5S. The normalized spacial score (nSPS) is 20.0. The standard InChI is InChI=1S/C20H29N3O5S/c1-13-10-16-17(28-14(2)20(25)21-16)11-18(13)29(26,27)22(3)12-19(24)23(4)15-8-6-5-7-9-15/h10-11,14-15H,5-9,12H2,1-4H3,(H,21,25). The molecule has 1 heterocycles. The van der Waals surface area contributed by atoms with Crippen LogP contribution >= 0.6 is 0 Å². The maximum atomic E-state index is 13.1. The van der Waals surface area contributed by atoms with E-state index in [2.05, 4.69) is 5.32 Å². The Balaban J connectivity index is 1.78. The minimum absolute atomic E-state index is 0.0650. The van der Waals surface area contributed by atoms with Crippen LogP contribution in [0.1, 0.15) is 44.6 Å². The van der Waals surface area contributed by atoms with E-state index in [9.17, 15) is 18.0 Å². The third-order valence-corrected chi connectivity index (χ3v) is 7.72. The lowest BCUT2D eigenvalue weighted by molar-refractivity contribution is -0.132. The van der Waals surface area contributed by atoms with Crippen LogP contribution in [-0.4, -0.2) is 62.2 Å². The Bertz CT molecular complexity index is 909. The third-order valence-electron chi connectivity index (χ3n) is 5.77. The minimum Gasteiger partial charge on any atom is -0.479 e. The summed E-state index contributed by atoms with van der Waals surface area (Å²) in [6, 6.07) is 3.17. The van der Waals surface area contributed by atoms with Crippen LogP contribution in [0.2, 0.25) is 0 Å². The largest absolute Gasteiger partial charge is 0.479 e. The van der Waals surface area contributed by atoms with E-state index in [4.69, 9.17) is 4.74 Å². The first-order chi connectivity index (χ1) is 13.6. The van der Waals surface area contributed by atoms with Crippen molar-refractivity contribution in [2.75, 3.05) is 26.0 Å². The smallest absolute Gasteiger partial charge is 0.265 e. The maximum Gasteiger partial charge on any atom is 0.265 e. The predicted molar refractivity (Wildman–Crippen MR) is 109 cm³/mol. The molecule has 0 aromatic heterocycles. The summed E-state index contributed by atoms with van der Waals surface area (Å²) >= 11 is 0. The highest BCUT2D eigenvalue weighted by atomic mass is 32.2. The van der Waals surface area contributed by atoms with E-state index in [1.54, 1.807) is 31.9 Å². The van der Waals surface area contributed by atoms with Gasteiger partial charge in [-0.25, -0.2) is 8.42 Å². The minimum atomic E-state index is -3.90. The molecule has 2 aliphatic rings. The molecule has 1 N–H and O–H groups in total. The first-order valence-corrected chi connectivity index (χ1v) is 11.4. The fourth-order valence-corrected chi connectivity index (χ4v) is 5.19. The highest BCUT2D eigenvalue weighted by Gasteiger charge is 2.31. The molecule has 1 saturated carbocycles. The second-order valence-corrected chi connectivity index (χ2v) is 9.93. The molecule has 1 aliphatic heterocycles. The van der Waals surface area contributed by atoms with Crippen LogP contribution in [0.3, 0.4) is 0 Å². The average molecular weight is 424 g/mol. The number of hydrogen-bond acceptors (Lipinski definition) is 5. The summed E-state index contributed by atoms with van der Waals surface area (Å²) in [6.07, 6.45) is 4.60. The Hall–Kier alpha value is -2.13. The molecule has 1 aromatic carbocycles. The van der Waals surface area contributed by atoms with Crippen LogP contribution in [0.15, 0.2) is 17.0 Å². The second-order valence-electron chi connectivity index (χ2n) is 7.92. The lowest BCUT2D eigenvalue weighted by Gasteiger charge is -2.32. The molecule has 0 radical (unpaired) electrons. The summed E-state index contributed by atoms with van der Waals surface area (Å²) < 4.78 is 32.9. The van der Waals surface area contributed by atoms with Crippen molar-refractivity contribution >= 4 is 27.5 Å². The maximum absolute atomic E-state index is 13.1. The molecule has 29 heavy (non-hydrogen) atoms. The number of benzene rings is 1. The zero-order valence-corrected chi connectivity index (χ0v) is 18.2. The number of carbonyl (C=O) groups is 2. The van der Waals surface area contributed by atoms with Crippen molar-refractivity contribution in [2.24, 2.45) is 0 Å². The van der Waals surface area contributed by atoms with Crippen LogP contribution in [0.5, 0.6) is 5.75 Å². The zero-order valence-electron chi connectivity index (χ0n) is 17.4. The van der Waals surface area contributed by atoms with Gasteiger partial charge in [-0.1, -0.05) is 19.3 Å². The molecule has 1 atom stereocenters. The second kappa shape index (κ2) is 8.31. The van der Waals surface area contributed by atoms with E-state index in [1.165, 1.54) is 19.5 Å². The molecule has 9 heteroatoms. The topological polar surface area (TPSA) is 96.0 Å². The van der Waals surface area contributed by atoms with E-state index in [-0.39, 0.29) is 29.3 Å². The Labute approximate surface area is 172 Å². The highest BCUT2D eigenvalue weighted by Crippen LogP contribution is 2.35. The number of anilines is 1. The van der Waals surface area contributed by atoms with Crippen LogP contribution in [0, 0.1) is 6.92 Å². The number of likely N-dealkylation sites (N-methyl/N-ethyl adjacent to an activating group) is 2. The number of rotatable bonds is 5. The number of ether oxygens (including phenoxy) is 1. The summed E-state index contributed by atoms with van der Waals surface area (Å²) in [7, 11) is -0.741. The molecule has 2 amide bonds. The van der Waals surface area contributed by atoms with Gasteiger partial charge in [-0.05, 0) is 38.3 Å². The van der Waals surface area contributed by atoms with E-state index in [0.29, 0.717) is 17.0 Å². The summed E-state index contributed by atoms with van der Waals surface area (Å²) in [5, 5.41) is 2.71. The molecule has 1 aromatic rings. The third kappa shape index (κ3) is 4.40. The molecular weight excluding hydrogens is 394 g/mol. The van der Waals surface area contributed by atoms with Gasteiger partial charge in [-0.3, -0.25) is 9.59 Å². The Morgan fingerprint density at radius 2 is 1.86 bits per heavy atom.